The summed E-state index contributed by atoms with van der Waals surface area (Å²) in [5, 5.41) is 17.8. The minimum absolute atomic E-state index is 0.0865. The molecule has 0 bridgehead atoms. The van der Waals surface area contributed by atoms with Crippen molar-refractivity contribution in [2.75, 3.05) is 0 Å². The Kier molecular flexibility index (Phi) is 2.05. The first kappa shape index (κ1) is 6.99. The van der Waals surface area contributed by atoms with Gasteiger partial charge in [-0.05, 0) is 19.8 Å². The van der Waals surface area contributed by atoms with E-state index in [2.05, 4.69) is 0 Å². The first-order chi connectivity index (χ1) is 4.20. The smallest absolute Gasteiger partial charge is 0.181 e. The van der Waals surface area contributed by atoms with Crippen LogP contribution in [0, 0.1) is 0 Å². The summed E-state index contributed by atoms with van der Waals surface area (Å²) in [4.78, 5) is 0. The number of rotatable bonds is 0. The Balaban J connectivity index is 2.35. The molecule has 1 fully saturated rings. The van der Waals surface area contributed by atoms with Crippen molar-refractivity contribution in [3.05, 3.63) is 0 Å². The summed E-state index contributed by atoms with van der Waals surface area (Å²) >= 11 is 0. The molecule has 0 spiro atoms. The van der Waals surface area contributed by atoms with Crippen molar-refractivity contribution < 1.29 is 14.9 Å². The minimum Gasteiger partial charge on any atom is -0.388 e. The Morgan fingerprint density at radius 2 is 2.00 bits per heavy atom. The van der Waals surface area contributed by atoms with Gasteiger partial charge in [-0.3, -0.25) is 0 Å². The lowest BCUT2D eigenvalue weighted by atomic mass is 10.1. The fourth-order valence-electron chi connectivity index (χ4n) is 0.945. The third-order valence-electron chi connectivity index (χ3n) is 1.57. The lowest BCUT2D eigenvalue weighted by Crippen LogP contribution is -2.37. The van der Waals surface area contributed by atoms with Crippen LogP contribution in [0.5, 0.6) is 0 Å². The second-order valence-corrected chi connectivity index (χ2v) is 2.48. The summed E-state index contributed by atoms with van der Waals surface area (Å²) in [5.41, 5.74) is 0. The molecular formula is C6H12O3. The van der Waals surface area contributed by atoms with Crippen LogP contribution < -0.4 is 0 Å². The second kappa shape index (κ2) is 2.64. The van der Waals surface area contributed by atoms with Crippen LogP contribution in [0.2, 0.25) is 0 Å². The second-order valence-electron chi connectivity index (χ2n) is 2.48. The van der Waals surface area contributed by atoms with Gasteiger partial charge in [-0.25, -0.2) is 0 Å². The summed E-state index contributed by atoms with van der Waals surface area (Å²) < 4.78 is 4.90. The van der Waals surface area contributed by atoms with Crippen LogP contribution in [0.15, 0.2) is 0 Å². The molecule has 0 aromatic rings. The minimum atomic E-state index is -0.964. The quantitative estimate of drug-likeness (QED) is 0.482. The first-order valence-electron chi connectivity index (χ1n) is 3.21. The molecule has 0 aromatic heterocycles. The zero-order chi connectivity index (χ0) is 6.85. The molecule has 3 heteroatoms. The highest BCUT2D eigenvalue weighted by atomic mass is 16.6. The molecule has 1 aliphatic heterocycles. The highest BCUT2D eigenvalue weighted by Gasteiger charge is 2.24. The van der Waals surface area contributed by atoms with Crippen molar-refractivity contribution in [3.63, 3.8) is 0 Å². The van der Waals surface area contributed by atoms with Gasteiger partial charge in [0.1, 0.15) is 6.10 Å². The van der Waals surface area contributed by atoms with Crippen LogP contribution in [0.4, 0.5) is 0 Å². The highest BCUT2D eigenvalue weighted by molar-refractivity contribution is 4.68. The number of hydrogen-bond acceptors (Lipinski definition) is 3. The van der Waals surface area contributed by atoms with Gasteiger partial charge in [0.15, 0.2) is 6.29 Å². The SMILES string of the molecule is C[C@@H]1CC[C@@H](O)[C@@H](O)O1. The van der Waals surface area contributed by atoms with Gasteiger partial charge in [-0.1, -0.05) is 0 Å². The molecule has 0 aliphatic carbocycles. The lowest BCUT2D eigenvalue weighted by molar-refractivity contribution is -0.210. The zero-order valence-electron chi connectivity index (χ0n) is 5.45. The fraction of sp³-hybridized carbons (Fsp3) is 1.00. The molecule has 1 aliphatic rings. The zero-order valence-corrected chi connectivity index (χ0v) is 5.45. The topological polar surface area (TPSA) is 49.7 Å². The van der Waals surface area contributed by atoms with E-state index in [9.17, 15) is 0 Å². The van der Waals surface area contributed by atoms with Crippen molar-refractivity contribution >= 4 is 0 Å². The maximum absolute atomic E-state index is 8.92. The molecular weight excluding hydrogens is 120 g/mol. The highest BCUT2D eigenvalue weighted by Crippen LogP contribution is 2.16. The van der Waals surface area contributed by atoms with Crippen LogP contribution in [-0.2, 0) is 4.74 Å². The normalized spacial score (nSPS) is 45.0. The monoisotopic (exact) mass is 132 g/mol. The van der Waals surface area contributed by atoms with E-state index in [1.807, 2.05) is 6.92 Å². The third kappa shape index (κ3) is 1.64. The number of hydrogen-bond donors (Lipinski definition) is 2. The largest absolute Gasteiger partial charge is 0.388 e. The Bertz CT molecular complexity index is 94.3. The van der Waals surface area contributed by atoms with E-state index < -0.39 is 12.4 Å². The van der Waals surface area contributed by atoms with E-state index in [0.29, 0.717) is 6.42 Å². The molecule has 0 unspecified atom stereocenters. The molecule has 54 valence electrons. The van der Waals surface area contributed by atoms with Crippen LogP contribution in [0.1, 0.15) is 19.8 Å². The van der Waals surface area contributed by atoms with E-state index in [1.54, 1.807) is 0 Å². The molecule has 2 N–H and O–H groups in total. The molecule has 1 heterocycles. The van der Waals surface area contributed by atoms with Gasteiger partial charge in [-0.2, -0.15) is 0 Å². The average Bonchev–Trinajstić information content (AvgIpc) is 1.80. The predicted octanol–water partition coefficient (Wildman–Crippen LogP) is -0.135. The van der Waals surface area contributed by atoms with E-state index >= 15 is 0 Å². The molecule has 9 heavy (non-hydrogen) atoms. The maximum atomic E-state index is 8.92. The summed E-state index contributed by atoms with van der Waals surface area (Å²) in [5.74, 6) is 0. The first-order valence-corrected chi connectivity index (χ1v) is 3.21. The molecule has 0 radical (unpaired) electrons. The Labute approximate surface area is 54.3 Å². The summed E-state index contributed by atoms with van der Waals surface area (Å²) in [6.07, 6.45) is -0.0843. The number of aliphatic hydroxyl groups is 2. The lowest BCUT2D eigenvalue weighted by Gasteiger charge is -2.28. The van der Waals surface area contributed by atoms with Crippen molar-refractivity contribution in [1.82, 2.24) is 0 Å². The van der Waals surface area contributed by atoms with Gasteiger partial charge >= 0.3 is 0 Å². The van der Waals surface area contributed by atoms with Crippen molar-refractivity contribution in [1.29, 1.82) is 0 Å². The standard InChI is InChI=1S/C6H12O3/c1-4-2-3-5(7)6(8)9-4/h4-8H,2-3H2,1H3/t4-,5-,6+/m1/s1. The maximum Gasteiger partial charge on any atom is 0.181 e. The van der Waals surface area contributed by atoms with Gasteiger partial charge in [0, 0.05) is 0 Å². The molecule has 0 amide bonds. The summed E-state index contributed by atoms with van der Waals surface area (Å²) in [6, 6.07) is 0. The molecule has 3 nitrogen and oxygen atoms in total. The fourth-order valence-corrected chi connectivity index (χ4v) is 0.945. The van der Waals surface area contributed by atoms with Gasteiger partial charge in [-0.15, -0.1) is 0 Å². The average molecular weight is 132 g/mol. The van der Waals surface area contributed by atoms with Crippen LogP contribution >= 0.6 is 0 Å². The van der Waals surface area contributed by atoms with Gasteiger partial charge < -0.3 is 14.9 Å². The van der Waals surface area contributed by atoms with Gasteiger partial charge in [0.25, 0.3) is 0 Å². The molecule has 0 aromatic carbocycles. The summed E-state index contributed by atoms with van der Waals surface area (Å²) in [6.45, 7) is 1.88. The Morgan fingerprint density at radius 1 is 1.33 bits per heavy atom. The van der Waals surface area contributed by atoms with E-state index in [4.69, 9.17) is 14.9 Å². The van der Waals surface area contributed by atoms with Crippen LogP contribution in [0.3, 0.4) is 0 Å². The van der Waals surface area contributed by atoms with Crippen molar-refractivity contribution in [2.45, 2.75) is 38.3 Å². The molecule has 0 saturated carbocycles. The summed E-state index contributed by atoms with van der Waals surface area (Å²) in [7, 11) is 0. The van der Waals surface area contributed by atoms with Crippen molar-refractivity contribution in [3.8, 4) is 0 Å². The Morgan fingerprint density at radius 3 is 2.44 bits per heavy atom. The molecule has 1 rings (SSSR count). The molecule has 3 atom stereocenters. The van der Waals surface area contributed by atoms with Gasteiger partial charge in [0.05, 0.1) is 6.10 Å². The number of ether oxygens (including phenoxy) is 1. The number of aliphatic hydroxyl groups excluding tert-OH is 2. The van der Waals surface area contributed by atoms with E-state index in [0.717, 1.165) is 6.42 Å². The van der Waals surface area contributed by atoms with E-state index in [-0.39, 0.29) is 6.10 Å². The Hall–Kier alpha value is -0.120. The van der Waals surface area contributed by atoms with Crippen LogP contribution in [0.25, 0.3) is 0 Å². The van der Waals surface area contributed by atoms with Crippen molar-refractivity contribution in [2.24, 2.45) is 0 Å². The van der Waals surface area contributed by atoms with Gasteiger partial charge in [0.2, 0.25) is 0 Å². The molecule has 1 saturated heterocycles. The predicted molar refractivity (Wildman–Crippen MR) is 31.8 cm³/mol. The van der Waals surface area contributed by atoms with Crippen LogP contribution in [-0.4, -0.2) is 28.7 Å². The van der Waals surface area contributed by atoms with E-state index in [1.165, 1.54) is 0 Å². The third-order valence-corrected chi connectivity index (χ3v) is 1.57.